The molecule has 0 N–H and O–H groups in total. The lowest BCUT2D eigenvalue weighted by Gasteiger charge is -2.27. The van der Waals surface area contributed by atoms with Crippen LogP contribution in [0, 0.1) is 5.92 Å². The first-order chi connectivity index (χ1) is 5.63. The lowest BCUT2D eigenvalue weighted by atomic mass is 10.1. The Morgan fingerprint density at radius 2 is 1.62 bits per heavy atom. The summed E-state index contributed by atoms with van der Waals surface area (Å²) in [5.41, 5.74) is 0. The summed E-state index contributed by atoms with van der Waals surface area (Å²) in [7, 11) is -2.40. The van der Waals surface area contributed by atoms with Crippen LogP contribution < -0.4 is 0 Å². The van der Waals surface area contributed by atoms with Crippen LogP contribution in [0.5, 0.6) is 0 Å². The second-order valence-corrected chi connectivity index (χ2v) is 11.6. The van der Waals surface area contributed by atoms with E-state index in [0.29, 0.717) is 0 Å². The van der Waals surface area contributed by atoms with Crippen LogP contribution in [-0.2, 0) is 14.3 Å². The first kappa shape index (κ1) is 14.3. The molecule has 0 amide bonds. The lowest BCUT2D eigenvalue weighted by molar-refractivity contribution is 0.377. The van der Waals surface area contributed by atoms with Gasteiger partial charge in [-0.2, -0.15) is 8.42 Å². The van der Waals surface area contributed by atoms with Gasteiger partial charge in [0.1, 0.15) is 5.25 Å². The van der Waals surface area contributed by atoms with E-state index in [2.05, 4.69) is 52.0 Å². The number of rotatable bonds is 3. The topological polar surface area (TPSA) is 43.4 Å². The number of hydrogen-bond donors (Lipinski definition) is 0. The molecule has 7 heteroatoms. The highest BCUT2D eigenvalue weighted by atomic mass is 80.0. The van der Waals surface area contributed by atoms with E-state index in [1.807, 2.05) is 0 Å². The van der Waals surface area contributed by atoms with Crippen molar-refractivity contribution in [1.82, 2.24) is 0 Å². The average Bonchev–Trinajstić information content (AvgIpc) is 1.82. The van der Waals surface area contributed by atoms with Gasteiger partial charge in [-0.3, -0.25) is 4.18 Å². The standard InChI is InChI=1S/C6H11Br3O3S/c1-4(2)5(6(7,8)9)13(10,11)12-3/h4-5H,1-3H3. The van der Waals surface area contributed by atoms with E-state index in [4.69, 9.17) is 0 Å². The second-order valence-electron chi connectivity index (χ2n) is 2.87. The summed E-state index contributed by atoms with van der Waals surface area (Å²) in [5.74, 6) is -0.0805. The quantitative estimate of drug-likeness (QED) is 0.538. The lowest BCUT2D eigenvalue weighted by Crippen LogP contribution is -2.38. The summed E-state index contributed by atoms with van der Waals surface area (Å²) in [6, 6.07) is 0. The van der Waals surface area contributed by atoms with Gasteiger partial charge < -0.3 is 0 Å². The van der Waals surface area contributed by atoms with E-state index in [0.717, 1.165) is 7.11 Å². The Morgan fingerprint density at radius 3 is 1.69 bits per heavy atom. The molecule has 1 unspecified atom stereocenters. The van der Waals surface area contributed by atoms with Crippen molar-refractivity contribution in [2.45, 2.75) is 21.2 Å². The van der Waals surface area contributed by atoms with Crippen molar-refractivity contribution >= 4 is 57.9 Å². The van der Waals surface area contributed by atoms with Gasteiger partial charge in [-0.05, 0) is 5.92 Å². The zero-order valence-electron chi connectivity index (χ0n) is 7.42. The molecule has 80 valence electrons. The van der Waals surface area contributed by atoms with Crippen molar-refractivity contribution in [3.63, 3.8) is 0 Å². The third-order valence-electron chi connectivity index (χ3n) is 1.47. The summed E-state index contributed by atoms with van der Waals surface area (Å²) in [5, 5.41) is -0.704. The average molecular weight is 403 g/mol. The fourth-order valence-corrected chi connectivity index (χ4v) is 5.83. The summed E-state index contributed by atoms with van der Waals surface area (Å²) in [6.45, 7) is 3.61. The van der Waals surface area contributed by atoms with Crippen molar-refractivity contribution in [2.24, 2.45) is 5.92 Å². The molecule has 0 aliphatic heterocycles. The fourth-order valence-electron chi connectivity index (χ4n) is 0.979. The Bertz CT molecular complexity index is 255. The molecule has 0 aliphatic carbocycles. The van der Waals surface area contributed by atoms with Gasteiger partial charge in [0, 0.05) is 0 Å². The highest BCUT2D eigenvalue weighted by Gasteiger charge is 2.43. The first-order valence-electron chi connectivity index (χ1n) is 3.49. The minimum atomic E-state index is -3.56. The molecule has 0 bridgehead atoms. The Labute approximate surface area is 104 Å². The summed E-state index contributed by atoms with van der Waals surface area (Å²) in [6.07, 6.45) is 0. The Morgan fingerprint density at radius 1 is 1.23 bits per heavy atom. The van der Waals surface area contributed by atoms with Crippen LogP contribution in [0.1, 0.15) is 13.8 Å². The largest absolute Gasteiger partial charge is 0.273 e. The van der Waals surface area contributed by atoms with Gasteiger partial charge in [0.15, 0.2) is 2.14 Å². The van der Waals surface area contributed by atoms with E-state index in [-0.39, 0.29) is 5.92 Å². The van der Waals surface area contributed by atoms with Crippen molar-refractivity contribution < 1.29 is 12.6 Å². The van der Waals surface area contributed by atoms with E-state index < -0.39 is 17.5 Å². The van der Waals surface area contributed by atoms with Crippen LogP contribution >= 0.6 is 47.8 Å². The molecule has 0 aromatic rings. The van der Waals surface area contributed by atoms with E-state index >= 15 is 0 Å². The second kappa shape index (κ2) is 4.92. The monoisotopic (exact) mass is 400 g/mol. The fraction of sp³-hybridized carbons (Fsp3) is 1.00. The molecule has 0 aromatic carbocycles. The van der Waals surface area contributed by atoms with Crippen molar-refractivity contribution in [2.75, 3.05) is 7.11 Å². The molecule has 0 spiro atoms. The minimum Gasteiger partial charge on any atom is -0.273 e. The first-order valence-corrected chi connectivity index (χ1v) is 7.34. The van der Waals surface area contributed by atoms with Crippen LogP contribution in [0.15, 0.2) is 0 Å². The number of alkyl halides is 3. The Kier molecular flexibility index (Phi) is 5.43. The molecule has 0 aromatic heterocycles. The zero-order valence-corrected chi connectivity index (χ0v) is 13.0. The van der Waals surface area contributed by atoms with E-state index in [1.54, 1.807) is 13.8 Å². The van der Waals surface area contributed by atoms with Gasteiger partial charge in [0.2, 0.25) is 0 Å². The predicted molar refractivity (Wildman–Crippen MR) is 64.1 cm³/mol. The highest BCUT2D eigenvalue weighted by Crippen LogP contribution is 2.43. The SMILES string of the molecule is COS(=O)(=O)C(C(C)C)C(Br)(Br)Br. The van der Waals surface area contributed by atoms with Gasteiger partial charge in [-0.15, -0.1) is 0 Å². The van der Waals surface area contributed by atoms with Crippen molar-refractivity contribution in [3.8, 4) is 0 Å². The van der Waals surface area contributed by atoms with Crippen LogP contribution in [0.2, 0.25) is 0 Å². The number of halogens is 3. The maximum absolute atomic E-state index is 11.5. The molecular formula is C6H11Br3O3S. The Balaban J connectivity index is 5.07. The number of hydrogen-bond acceptors (Lipinski definition) is 3. The Hall–Kier alpha value is 1.35. The van der Waals surface area contributed by atoms with Crippen molar-refractivity contribution in [3.05, 3.63) is 0 Å². The molecule has 0 aliphatic rings. The molecule has 1 atom stereocenters. The molecular weight excluding hydrogens is 392 g/mol. The smallest absolute Gasteiger partial charge is 0.273 e. The molecule has 3 nitrogen and oxygen atoms in total. The molecule has 0 fully saturated rings. The van der Waals surface area contributed by atoms with Gasteiger partial charge in [-0.1, -0.05) is 61.6 Å². The summed E-state index contributed by atoms with van der Waals surface area (Å²) >= 11 is 9.59. The summed E-state index contributed by atoms with van der Waals surface area (Å²) in [4.78, 5) is 0. The van der Waals surface area contributed by atoms with E-state index in [9.17, 15) is 8.42 Å². The maximum Gasteiger partial charge on any atom is 0.273 e. The van der Waals surface area contributed by atoms with Crippen LogP contribution in [0.3, 0.4) is 0 Å². The maximum atomic E-state index is 11.5. The minimum absolute atomic E-state index is 0.0805. The molecule has 0 radical (unpaired) electrons. The van der Waals surface area contributed by atoms with Gasteiger partial charge in [-0.25, -0.2) is 0 Å². The van der Waals surface area contributed by atoms with Crippen LogP contribution in [0.25, 0.3) is 0 Å². The molecule has 0 saturated carbocycles. The van der Waals surface area contributed by atoms with E-state index in [1.165, 1.54) is 0 Å². The van der Waals surface area contributed by atoms with Gasteiger partial charge in [0.25, 0.3) is 10.1 Å². The van der Waals surface area contributed by atoms with Crippen LogP contribution in [-0.4, -0.2) is 22.9 Å². The highest BCUT2D eigenvalue weighted by molar-refractivity contribution is 9.39. The molecule has 0 heterocycles. The third kappa shape index (κ3) is 4.15. The normalized spacial score (nSPS) is 16.2. The molecule has 0 saturated heterocycles. The molecule has 13 heavy (non-hydrogen) atoms. The van der Waals surface area contributed by atoms with Crippen LogP contribution in [0.4, 0.5) is 0 Å². The third-order valence-corrected chi connectivity index (χ3v) is 5.84. The zero-order chi connectivity index (χ0) is 10.9. The van der Waals surface area contributed by atoms with Gasteiger partial charge in [0.05, 0.1) is 7.11 Å². The summed E-state index contributed by atoms with van der Waals surface area (Å²) < 4.78 is 26.6. The van der Waals surface area contributed by atoms with Crippen molar-refractivity contribution in [1.29, 1.82) is 0 Å². The molecule has 0 rings (SSSR count). The van der Waals surface area contributed by atoms with Gasteiger partial charge >= 0.3 is 0 Å². The predicted octanol–water partition coefficient (Wildman–Crippen LogP) is 2.83.